The topological polar surface area (TPSA) is 72.2 Å². The van der Waals surface area contributed by atoms with Crippen molar-refractivity contribution < 1.29 is 17.2 Å². The van der Waals surface area contributed by atoms with Crippen molar-refractivity contribution in [1.82, 2.24) is 0 Å². The minimum Gasteiger partial charge on any atom is -0.326 e. The first-order valence-electron chi connectivity index (χ1n) is 5.80. The van der Waals surface area contributed by atoms with Gasteiger partial charge in [0, 0.05) is 17.1 Å². The second-order valence-electron chi connectivity index (χ2n) is 4.20. The normalized spacial score (nSPS) is 11.4. The molecule has 2 rings (SSSR count). The van der Waals surface area contributed by atoms with Crippen LogP contribution in [0.3, 0.4) is 0 Å². The molecule has 0 radical (unpaired) electrons. The fraction of sp³-hybridized carbons (Fsp3) is 0.0769. The third-order valence-electron chi connectivity index (χ3n) is 2.67. The molecule has 0 unspecified atom stereocenters. The summed E-state index contributed by atoms with van der Waals surface area (Å²) in [6, 6.07) is 7.02. The van der Waals surface area contributed by atoms with Gasteiger partial charge in [-0.3, -0.25) is 4.72 Å². The first kappa shape index (κ1) is 15.7. The summed E-state index contributed by atoms with van der Waals surface area (Å²) in [6.07, 6.45) is 0. The molecule has 0 saturated heterocycles. The maximum atomic E-state index is 14.1. The fourth-order valence-corrected chi connectivity index (χ4v) is 3.23. The highest BCUT2D eigenvalue weighted by atomic mass is 35.5. The Balaban J connectivity index is 2.47. The van der Waals surface area contributed by atoms with Crippen LogP contribution in [-0.2, 0) is 16.6 Å². The molecule has 2 aromatic rings. The Bertz CT molecular complexity index is 782. The number of halogens is 3. The molecule has 3 N–H and O–H groups in total. The number of benzene rings is 2. The van der Waals surface area contributed by atoms with Crippen molar-refractivity contribution in [2.45, 2.75) is 11.4 Å². The molecule has 112 valence electrons. The zero-order chi connectivity index (χ0) is 15.6. The molecule has 0 spiro atoms. The van der Waals surface area contributed by atoms with Gasteiger partial charge in [-0.2, -0.15) is 0 Å². The van der Waals surface area contributed by atoms with Crippen LogP contribution in [0.15, 0.2) is 41.3 Å². The largest absolute Gasteiger partial charge is 0.326 e. The average Bonchev–Trinajstić information content (AvgIpc) is 2.40. The summed E-state index contributed by atoms with van der Waals surface area (Å²) in [5, 5.41) is 0.0384. The molecular formula is C13H11ClF2N2O2S. The van der Waals surface area contributed by atoms with Gasteiger partial charge < -0.3 is 5.73 Å². The van der Waals surface area contributed by atoms with E-state index < -0.39 is 26.6 Å². The molecule has 0 saturated carbocycles. The summed E-state index contributed by atoms with van der Waals surface area (Å²) in [6.45, 7) is -0.200. The monoisotopic (exact) mass is 332 g/mol. The van der Waals surface area contributed by atoms with Crippen molar-refractivity contribution in [2.24, 2.45) is 5.73 Å². The van der Waals surface area contributed by atoms with Crippen LogP contribution in [0.4, 0.5) is 14.5 Å². The molecule has 0 aliphatic rings. The Morgan fingerprint density at radius 2 is 1.90 bits per heavy atom. The van der Waals surface area contributed by atoms with Crippen LogP contribution in [0.5, 0.6) is 0 Å². The highest BCUT2D eigenvalue weighted by Gasteiger charge is 2.22. The molecule has 0 heterocycles. The van der Waals surface area contributed by atoms with Gasteiger partial charge in [0.25, 0.3) is 10.0 Å². The second kappa shape index (κ2) is 5.97. The van der Waals surface area contributed by atoms with E-state index in [4.69, 9.17) is 17.3 Å². The van der Waals surface area contributed by atoms with Crippen LogP contribution in [0.25, 0.3) is 0 Å². The third kappa shape index (κ3) is 3.49. The molecule has 0 bridgehead atoms. The van der Waals surface area contributed by atoms with E-state index in [2.05, 4.69) is 4.72 Å². The smallest absolute Gasteiger partial charge is 0.264 e. The van der Waals surface area contributed by atoms with Crippen molar-refractivity contribution in [3.05, 3.63) is 58.6 Å². The van der Waals surface area contributed by atoms with Gasteiger partial charge in [0.2, 0.25) is 0 Å². The van der Waals surface area contributed by atoms with E-state index in [1.807, 2.05) is 0 Å². The molecule has 2 aromatic carbocycles. The summed E-state index contributed by atoms with van der Waals surface area (Å²) in [4.78, 5) is -0.639. The molecule has 8 heteroatoms. The lowest BCUT2D eigenvalue weighted by Gasteiger charge is -2.11. The Hall–Kier alpha value is -1.70. The Morgan fingerprint density at radius 1 is 1.19 bits per heavy atom. The van der Waals surface area contributed by atoms with Crippen LogP contribution in [0.2, 0.25) is 5.02 Å². The van der Waals surface area contributed by atoms with Crippen LogP contribution in [-0.4, -0.2) is 8.42 Å². The van der Waals surface area contributed by atoms with Crippen molar-refractivity contribution >= 4 is 27.3 Å². The van der Waals surface area contributed by atoms with Gasteiger partial charge in [0.1, 0.15) is 16.5 Å². The number of hydrogen-bond donors (Lipinski definition) is 2. The van der Waals surface area contributed by atoms with Crippen LogP contribution in [0, 0.1) is 11.6 Å². The van der Waals surface area contributed by atoms with Crippen LogP contribution < -0.4 is 10.5 Å². The average molecular weight is 333 g/mol. The summed E-state index contributed by atoms with van der Waals surface area (Å²) >= 11 is 5.76. The van der Waals surface area contributed by atoms with E-state index in [0.29, 0.717) is 0 Å². The number of sulfonamides is 1. The predicted molar refractivity (Wildman–Crippen MR) is 76.5 cm³/mol. The van der Waals surface area contributed by atoms with E-state index in [9.17, 15) is 17.2 Å². The van der Waals surface area contributed by atoms with E-state index in [-0.39, 0.29) is 22.8 Å². The Labute approximate surface area is 125 Å². The van der Waals surface area contributed by atoms with E-state index in [1.54, 1.807) is 0 Å². The number of rotatable bonds is 4. The molecule has 0 amide bonds. The fourth-order valence-electron chi connectivity index (χ4n) is 1.72. The molecule has 0 fully saturated rings. The maximum absolute atomic E-state index is 14.1. The van der Waals surface area contributed by atoms with Crippen molar-refractivity contribution in [3.63, 3.8) is 0 Å². The highest BCUT2D eigenvalue weighted by Crippen LogP contribution is 2.25. The number of nitrogens with two attached hydrogens (primary N) is 1. The molecule has 21 heavy (non-hydrogen) atoms. The Morgan fingerprint density at radius 3 is 2.52 bits per heavy atom. The highest BCUT2D eigenvalue weighted by molar-refractivity contribution is 7.92. The van der Waals surface area contributed by atoms with Gasteiger partial charge in [0.15, 0.2) is 0 Å². The summed E-state index contributed by atoms with van der Waals surface area (Å²) < 4.78 is 53.6. The lowest BCUT2D eigenvalue weighted by molar-refractivity contribution is 0.561. The first-order valence-corrected chi connectivity index (χ1v) is 7.66. The third-order valence-corrected chi connectivity index (χ3v) is 4.26. The molecule has 0 aliphatic carbocycles. The number of nitrogens with one attached hydrogen (secondary N) is 1. The van der Waals surface area contributed by atoms with Gasteiger partial charge in [-0.15, -0.1) is 0 Å². The minimum atomic E-state index is -4.25. The zero-order valence-corrected chi connectivity index (χ0v) is 12.2. The quantitative estimate of drug-likeness (QED) is 0.904. The van der Waals surface area contributed by atoms with E-state index in [1.165, 1.54) is 18.2 Å². The second-order valence-corrected chi connectivity index (χ2v) is 6.28. The van der Waals surface area contributed by atoms with Gasteiger partial charge in [-0.05, 0) is 30.3 Å². The van der Waals surface area contributed by atoms with Crippen LogP contribution in [0.1, 0.15) is 5.56 Å². The Kier molecular flexibility index (Phi) is 4.46. The molecule has 0 aliphatic heterocycles. The van der Waals surface area contributed by atoms with Gasteiger partial charge in [0.05, 0.1) is 5.69 Å². The summed E-state index contributed by atoms with van der Waals surface area (Å²) in [5.41, 5.74) is 5.29. The van der Waals surface area contributed by atoms with Crippen molar-refractivity contribution in [1.29, 1.82) is 0 Å². The van der Waals surface area contributed by atoms with Crippen molar-refractivity contribution in [3.8, 4) is 0 Å². The molecule has 0 atom stereocenters. The number of hydrogen-bond acceptors (Lipinski definition) is 3. The van der Waals surface area contributed by atoms with Gasteiger partial charge in [-0.1, -0.05) is 17.7 Å². The van der Waals surface area contributed by atoms with E-state index >= 15 is 0 Å². The summed E-state index contributed by atoms with van der Waals surface area (Å²) in [7, 11) is -4.25. The lowest BCUT2D eigenvalue weighted by Crippen LogP contribution is -2.16. The maximum Gasteiger partial charge on any atom is 0.264 e. The van der Waals surface area contributed by atoms with Gasteiger partial charge in [-0.25, -0.2) is 17.2 Å². The standard InChI is InChI=1S/C13H11ClF2N2O2S/c14-9-4-8(7-17)13(16)12(5-9)21(19,20)18-11-3-1-2-10(15)6-11/h1-6,18H,7,17H2. The summed E-state index contributed by atoms with van der Waals surface area (Å²) in [5.74, 6) is -1.60. The minimum absolute atomic E-state index is 0.0244. The molecule has 0 aromatic heterocycles. The van der Waals surface area contributed by atoms with Crippen LogP contribution >= 0.6 is 11.6 Å². The number of anilines is 1. The molecular weight excluding hydrogens is 322 g/mol. The first-order chi connectivity index (χ1) is 9.83. The lowest BCUT2D eigenvalue weighted by atomic mass is 10.2. The predicted octanol–water partition coefficient (Wildman–Crippen LogP) is 2.88. The molecule has 4 nitrogen and oxygen atoms in total. The van der Waals surface area contributed by atoms with Crippen molar-refractivity contribution in [2.75, 3.05) is 4.72 Å². The van der Waals surface area contributed by atoms with Gasteiger partial charge >= 0.3 is 0 Å². The zero-order valence-electron chi connectivity index (χ0n) is 10.6. The SMILES string of the molecule is NCc1cc(Cl)cc(S(=O)(=O)Nc2cccc(F)c2)c1F. The van der Waals surface area contributed by atoms with E-state index in [0.717, 1.165) is 18.2 Å².